The summed E-state index contributed by atoms with van der Waals surface area (Å²) in [6, 6.07) is 4.01. The Balaban J connectivity index is 2.35. The van der Waals surface area contributed by atoms with Crippen molar-refractivity contribution in [1.29, 1.82) is 0 Å². The highest BCUT2D eigenvalue weighted by Crippen LogP contribution is 2.31. The zero-order valence-corrected chi connectivity index (χ0v) is 16.9. The minimum Gasteiger partial charge on any atom is -0.479 e. The van der Waals surface area contributed by atoms with Gasteiger partial charge in [0.2, 0.25) is 0 Å². The van der Waals surface area contributed by atoms with Crippen molar-refractivity contribution in [2.75, 3.05) is 26.8 Å². The Bertz CT molecular complexity index is 752. The molecule has 0 bridgehead atoms. The number of carboxylic acids is 1. The van der Waals surface area contributed by atoms with E-state index in [1.807, 2.05) is 32.9 Å². The molecule has 7 nitrogen and oxygen atoms in total. The Hall–Kier alpha value is -2.40. The molecule has 1 N–H and O–H groups in total. The maximum absolute atomic E-state index is 13.2. The minimum absolute atomic E-state index is 0.0472. The molecule has 0 radical (unpaired) electrons. The van der Waals surface area contributed by atoms with Gasteiger partial charge in [-0.05, 0) is 50.3 Å². The molecule has 1 aliphatic heterocycles. The molecule has 1 aromatic rings. The van der Waals surface area contributed by atoms with Crippen LogP contribution in [0.15, 0.2) is 12.1 Å². The molecule has 1 aliphatic rings. The summed E-state index contributed by atoms with van der Waals surface area (Å²) in [4.78, 5) is 36.1. The van der Waals surface area contributed by atoms with Gasteiger partial charge in [0, 0.05) is 13.1 Å². The van der Waals surface area contributed by atoms with Crippen molar-refractivity contribution < 1.29 is 24.4 Å². The van der Waals surface area contributed by atoms with E-state index in [9.17, 15) is 14.7 Å². The van der Waals surface area contributed by atoms with Crippen molar-refractivity contribution in [3.63, 3.8) is 0 Å². The van der Waals surface area contributed by atoms with Crippen LogP contribution in [0.5, 0.6) is 0 Å². The summed E-state index contributed by atoms with van der Waals surface area (Å²) in [7, 11) is 1.54. The molecule has 0 aliphatic carbocycles. The standard InChI is InChI=1S/C21H28N2O5/c1-6-11-28-23(21(20(25)26)7-9-22(27-5)10-8-21)19(24)14-18-16(3)12-15(2)13-17(18)4/h1,12-13H,7-11,14H2,2-5H3,(H,25,26). The van der Waals surface area contributed by atoms with Crippen LogP contribution in [0.25, 0.3) is 0 Å². The number of hydroxylamine groups is 4. The Morgan fingerprint density at radius 2 is 1.82 bits per heavy atom. The maximum atomic E-state index is 13.2. The maximum Gasteiger partial charge on any atom is 0.332 e. The predicted octanol–water partition coefficient (Wildman–Crippen LogP) is 2.03. The molecule has 1 fully saturated rings. The van der Waals surface area contributed by atoms with Gasteiger partial charge >= 0.3 is 5.97 Å². The third-order valence-electron chi connectivity index (χ3n) is 5.27. The Labute approximate surface area is 166 Å². The van der Waals surface area contributed by atoms with Gasteiger partial charge < -0.3 is 9.94 Å². The highest BCUT2D eigenvalue weighted by Gasteiger charge is 2.50. The van der Waals surface area contributed by atoms with E-state index < -0.39 is 17.4 Å². The molecule has 28 heavy (non-hydrogen) atoms. The monoisotopic (exact) mass is 388 g/mol. The van der Waals surface area contributed by atoms with E-state index in [4.69, 9.17) is 16.1 Å². The molecule has 1 amide bonds. The number of hydrogen-bond donors (Lipinski definition) is 1. The lowest BCUT2D eigenvalue weighted by Gasteiger charge is -2.43. The van der Waals surface area contributed by atoms with Crippen LogP contribution in [0, 0.1) is 33.1 Å². The number of aryl methyl sites for hydroxylation is 3. The highest BCUT2D eigenvalue weighted by molar-refractivity contribution is 5.87. The van der Waals surface area contributed by atoms with Crippen LogP contribution in [0.3, 0.4) is 0 Å². The van der Waals surface area contributed by atoms with Gasteiger partial charge in [0.25, 0.3) is 5.91 Å². The summed E-state index contributed by atoms with van der Waals surface area (Å²) in [5, 5.41) is 12.7. The van der Waals surface area contributed by atoms with E-state index >= 15 is 0 Å². The average Bonchev–Trinajstić information content (AvgIpc) is 2.65. The van der Waals surface area contributed by atoms with E-state index in [0.717, 1.165) is 27.3 Å². The molecule has 0 aromatic heterocycles. The fraction of sp³-hybridized carbons (Fsp3) is 0.524. The average molecular weight is 388 g/mol. The first-order valence-corrected chi connectivity index (χ1v) is 9.23. The fourth-order valence-corrected chi connectivity index (χ4v) is 3.79. The Kier molecular flexibility index (Phi) is 7.19. The van der Waals surface area contributed by atoms with Crippen LogP contribution < -0.4 is 0 Å². The van der Waals surface area contributed by atoms with E-state index in [0.29, 0.717) is 13.1 Å². The second-order valence-electron chi connectivity index (χ2n) is 7.17. The largest absolute Gasteiger partial charge is 0.479 e. The number of carbonyl (C=O) groups excluding carboxylic acids is 1. The van der Waals surface area contributed by atoms with Crippen molar-refractivity contribution in [1.82, 2.24) is 10.1 Å². The Morgan fingerprint density at radius 1 is 1.25 bits per heavy atom. The summed E-state index contributed by atoms with van der Waals surface area (Å²) in [5.41, 5.74) is 2.48. The first-order chi connectivity index (χ1) is 13.2. The Morgan fingerprint density at radius 3 is 2.29 bits per heavy atom. The van der Waals surface area contributed by atoms with Gasteiger partial charge in [-0.2, -0.15) is 5.06 Å². The van der Waals surface area contributed by atoms with Gasteiger partial charge in [-0.1, -0.05) is 23.6 Å². The van der Waals surface area contributed by atoms with Crippen molar-refractivity contribution >= 4 is 11.9 Å². The quantitative estimate of drug-likeness (QED) is 0.569. The van der Waals surface area contributed by atoms with E-state index in [2.05, 4.69) is 5.92 Å². The second-order valence-corrected chi connectivity index (χ2v) is 7.17. The first-order valence-electron chi connectivity index (χ1n) is 9.23. The third kappa shape index (κ3) is 4.53. The zero-order chi connectivity index (χ0) is 20.9. The molecule has 0 spiro atoms. The van der Waals surface area contributed by atoms with Crippen LogP contribution in [-0.4, -0.2) is 59.5 Å². The van der Waals surface area contributed by atoms with E-state index in [1.165, 1.54) is 7.11 Å². The van der Waals surface area contributed by atoms with Crippen LogP contribution in [0.2, 0.25) is 0 Å². The minimum atomic E-state index is -1.48. The third-order valence-corrected chi connectivity index (χ3v) is 5.27. The lowest BCUT2D eigenvalue weighted by atomic mass is 9.87. The van der Waals surface area contributed by atoms with E-state index in [-0.39, 0.29) is 25.9 Å². The molecule has 0 saturated carbocycles. The number of piperidine rings is 1. The smallest absolute Gasteiger partial charge is 0.332 e. The van der Waals surface area contributed by atoms with Crippen molar-refractivity contribution in [3.05, 3.63) is 34.4 Å². The molecule has 1 aromatic carbocycles. The van der Waals surface area contributed by atoms with Gasteiger partial charge in [-0.3, -0.25) is 9.63 Å². The summed E-state index contributed by atoms with van der Waals surface area (Å²) in [5.74, 6) is 0.795. The number of hydrogen-bond acceptors (Lipinski definition) is 5. The highest BCUT2D eigenvalue weighted by atomic mass is 16.7. The van der Waals surface area contributed by atoms with Gasteiger partial charge in [-0.15, -0.1) is 6.42 Å². The second kappa shape index (κ2) is 9.20. The number of benzene rings is 1. The molecule has 7 heteroatoms. The van der Waals surface area contributed by atoms with Gasteiger partial charge in [0.05, 0.1) is 13.5 Å². The van der Waals surface area contributed by atoms with Crippen molar-refractivity contribution in [2.45, 2.75) is 45.6 Å². The molecule has 0 atom stereocenters. The molecule has 1 saturated heterocycles. The van der Waals surface area contributed by atoms with Crippen molar-refractivity contribution in [2.24, 2.45) is 0 Å². The fourth-order valence-electron chi connectivity index (χ4n) is 3.79. The van der Waals surface area contributed by atoms with Crippen LogP contribution in [0.4, 0.5) is 0 Å². The number of nitrogens with zero attached hydrogens (tertiary/aromatic N) is 2. The zero-order valence-electron chi connectivity index (χ0n) is 16.9. The molecular weight excluding hydrogens is 360 g/mol. The SMILES string of the molecule is C#CCON(C(=O)Cc1c(C)cc(C)cc1C)C1(C(=O)O)CCN(OC)CC1. The lowest BCUT2D eigenvalue weighted by molar-refractivity contribution is -0.242. The lowest BCUT2D eigenvalue weighted by Crippen LogP contribution is -2.62. The van der Waals surface area contributed by atoms with Gasteiger partial charge in [-0.25, -0.2) is 9.86 Å². The number of carbonyl (C=O) groups is 2. The normalized spacial score (nSPS) is 16.4. The molecule has 0 unspecified atom stereocenters. The predicted molar refractivity (Wildman–Crippen MR) is 104 cm³/mol. The molecule has 1 heterocycles. The van der Waals surface area contributed by atoms with Crippen molar-refractivity contribution in [3.8, 4) is 12.3 Å². The number of carboxylic acid groups (broad SMARTS) is 1. The first kappa shape index (κ1) is 21.9. The van der Waals surface area contributed by atoms with Crippen LogP contribution in [0.1, 0.15) is 35.1 Å². The summed E-state index contributed by atoms with van der Waals surface area (Å²) >= 11 is 0. The summed E-state index contributed by atoms with van der Waals surface area (Å²) in [6.45, 7) is 6.44. The van der Waals surface area contributed by atoms with Crippen LogP contribution in [-0.2, 0) is 25.7 Å². The topological polar surface area (TPSA) is 79.3 Å². The summed E-state index contributed by atoms with van der Waals surface area (Å²) in [6.07, 6.45) is 5.70. The number of terminal acetylenes is 1. The van der Waals surface area contributed by atoms with Gasteiger partial charge in [0.1, 0.15) is 6.61 Å². The van der Waals surface area contributed by atoms with E-state index in [1.54, 1.807) is 5.06 Å². The number of rotatable bonds is 7. The molecular formula is C21H28N2O5. The molecule has 152 valence electrons. The van der Waals surface area contributed by atoms with Crippen LogP contribution >= 0.6 is 0 Å². The summed E-state index contributed by atoms with van der Waals surface area (Å²) < 4.78 is 0. The van der Waals surface area contributed by atoms with Gasteiger partial charge in [0.15, 0.2) is 5.54 Å². The molecule has 2 rings (SSSR count). The number of amides is 1. The number of aliphatic carboxylic acids is 1.